The lowest BCUT2D eigenvalue weighted by Gasteiger charge is -2.24. The fraction of sp³-hybridized carbons (Fsp3) is 0.609. The van der Waals surface area contributed by atoms with Gasteiger partial charge >= 0.3 is 0 Å². The number of unbranched alkanes of at least 4 members (excludes halogenated alkanes) is 5. The van der Waals surface area contributed by atoms with Crippen LogP contribution in [0.4, 0.5) is 0 Å². The molecule has 2 heterocycles. The fourth-order valence-electron chi connectivity index (χ4n) is 4.22. The van der Waals surface area contributed by atoms with Crippen molar-refractivity contribution in [2.45, 2.75) is 77.2 Å². The molecule has 1 atom stereocenters. The molecule has 2 aliphatic rings. The van der Waals surface area contributed by atoms with E-state index in [1.54, 1.807) is 0 Å². The largest absolute Gasteiger partial charge is 0.370 e. The maximum Gasteiger partial charge on any atom is 0.188 e. The Hall–Kier alpha value is -2.17. The van der Waals surface area contributed by atoms with Gasteiger partial charge in [-0.25, -0.2) is 4.99 Å². The molecule has 3 N–H and O–H groups in total. The minimum absolute atomic E-state index is 0.184. The third-order valence-corrected chi connectivity index (χ3v) is 5.86. The van der Waals surface area contributed by atoms with Crippen molar-refractivity contribution in [2.75, 3.05) is 13.1 Å². The first-order chi connectivity index (χ1) is 13.7. The smallest absolute Gasteiger partial charge is 0.188 e. The fourth-order valence-corrected chi connectivity index (χ4v) is 4.22. The molecule has 28 heavy (non-hydrogen) atoms. The highest BCUT2D eigenvalue weighted by Gasteiger charge is 2.27. The Kier molecular flexibility index (Phi) is 7.63. The number of hydrogen-bond donors (Lipinski definition) is 2. The standard InChI is InChI=1S/C23H35N5/c1-2-3-4-5-6-7-9-18-11-13-19(14-12-18)22-26-17-20(27-22)16-21-10-8-15-28(21)23(24)25/h11-14,21H,2-10,15-17H2,1H3,(H3,24,25)/t21-/m0/s1. The molecule has 0 aliphatic carbocycles. The number of nitrogens with zero attached hydrogens (tertiary/aromatic N) is 3. The summed E-state index contributed by atoms with van der Waals surface area (Å²) in [5.41, 5.74) is 9.33. The summed E-state index contributed by atoms with van der Waals surface area (Å²) < 4.78 is 0. The Bertz CT molecular complexity index is 704. The third kappa shape index (κ3) is 5.66. The number of nitrogens with one attached hydrogen (secondary N) is 1. The maximum absolute atomic E-state index is 7.72. The number of aryl methyl sites for hydroxylation is 1. The quantitative estimate of drug-likeness (QED) is 0.354. The van der Waals surface area contributed by atoms with Crippen LogP contribution in [0.3, 0.4) is 0 Å². The lowest BCUT2D eigenvalue weighted by Crippen LogP contribution is -2.41. The summed E-state index contributed by atoms with van der Waals surface area (Å²) in [6.07, 6.45) is 12.2. The summed E-state index contributed by atoms with van der Waals surface area (Å²) in [4.78, 5) is 11.4. The molecule has 0 unspecified atom stereocenters. The molecule has 0 spiro atoms. The lowest BCUT2D eigenvalue weighted by atomic mass is 10.0. The number of aliphatic imine (C=N–C) groups is 2. The molecule has 0 amide bonds. The van der Waals surface area contributed by atoms with Gasteiger partial charge in [-0.15, -0.1) is 0 Å². The van der Waals surface area contributed by atoms with E-state index in [1.807, 2.05) is 4.90 Å². The van der Waals surface area contributed by atoms with Gasteiger partial charge in [0.05, 0.1) is 6.54 Å². The maximum atomic E-state index is 7.72. The summed E-state index contributed by atoms with van der Waals surface area (Å²) in [6, 6.07) is 9.09. The number of likely N-dealkylation sites (tertiary alicyclic amines) is 1. The van der Waals surface area contributed by atoms with Crippen molar-refractivity contribution in [3.63, 3.8) is 0 Å². The second-order valence-electron chi connectivity index (χ2n) is 8.11. The highest BCUT2D eigenvalue weighted by molar-refractivity contribution is 6.11. The van der Waals surface area contributed by atoms with Crippen LogP contribution >= 0.6 is 0 Å². The SMILES string of the molecule is CCCCCCCCc1ccc(C2=NCC(C[C@@H]3CCCN3C(=N)N)=N2)cc1. The number of guanidine groups is 1. The molecular weight excluding hydrogens is 346 g/mol. The first-order valence-electron chi connectivity index (χ1n) is 11.0. The van der Waals surface area contributed by atoms with E-state index in [-0.39, 0.29) is 5.96 Å². The van der Waals surface area contributed by atoms with E-state index >= 15 is 0 Å². The molecule has 1 aromatic carbocycles. The van der Waals surface area contributed by atoms with E-state index in [1.165, 1.54) is 44.1 Å². The molecule has 152 valence electrons. The molecule has 1 fully saturated rings. The predicted molar refractivity (Wildman–Crippen MR) is 119 cm³/mol. The molecule has 5 nitrogen and oxygen atoms in total. The first kappa shape index (κ1) is 20.6. The van der Waals surface area contributed by atoms with Gasteiger partial charge < -0.3 is 10.6 Å². The molecular formula is C23H35N5. The van der Waals surface area contributed by atoms with Gasteiger partial charge in [-0.3, -0.25) is 10.4 Å². The second-order valence-corrected chi connectivity index (χ2v) is 8.11. The molecule has 3 rings (SSSR count). The molecule has 0 bridgehead atoms. The van der Waals surface area contributed by atoms with Crippen LogP contribution in [-0.2, 0) is 6.42 Å². The first-order valence-corrected chi connectivity index (χ1v) is 11.0. The van der Waals surface area contributed by atoms with Crippen LogP contribution in [0, 0.1) is 5.41 Å². The van der Waals surface area contributed by atoms with Gasteiger partial charge in [-0.2, -0.15) is 0 Å². The van der Waals surface area contributed by atoms with Gasteiger partial charge in [0.2, 0.25) is 0 Å². The number of amidine groups is 1. The Morgan fingerprint density at radius 3 is 2.64 bits per heavy atom. The summed E-state index contributed by atoms with van der Waals surface area (Å²) in [5, 5.41) is 7.72. The van der Waals surface area contributed by atoms with Gasteiger partial charge in [0.25, 0.3) is 0 Å². The van der Waals surface area contributed by atoms with E-state index in [0.29, 0.717) is 12.6 Å². The van der Waals surface area contributed by atoms with Crippen molar-refractivity contribution in [3.05, 3.63) is 35.4 Å². The van der Waals surface area contributed by atoms with Gasteiger partial charge in [0, 0.05) is 30.3 Å². The van der Waals surface area contributed by atoms with Crippen LogP contribution in [-0.4, -0.2) is 41.5 Å². The Labute approximate surface area is 169 Å². The summed E-state index contributed by atoms with van der Waals surface area (Å²) >= 11 is 0. The topological polar surface area (TPSA) is 77.8 Å². The number of rotatable bonds is 10. The van der Waals surface area contributed by atoms with Crippen molar-refractivity contribution < 1.29 is 0 Å². The molecule has 2 aliphatic heterocycles. The monoisotopic (exact) mass is 381 g/mol. The molecule has 0 radical (unpaired) electrons. The number of benzene rings is 1. The Morgan fingerprint density at radius 2 is 1.89 bits per heavy atom. The van der Waals surface area contributed by atoms with Crippen LogP contribution in [0.5, 0.6) is 0 Å². The number of hydrogen-bond acceptors (Lipinski definition) is 3. The molecule has 1 saturated heterocycles. The van der Waals surface area contributed by atoms with Gasteiger partial charge in [-0.1, -0.05) is 63.3 Å². The second kappa shape index (κ2) is 10.4. The van der Waals surface area contributed by atoms with Crippen LogP contribution in [0.2, 0.25) is 0 Å². The van der Waals surface area contributed by atoms with E-state index in [0.717, 1.165) is 49.3 Å². The van der Waals surface area contributed by atoms with E-state index in [9.17, 15) is 0 Å². The molecule has 0 aromatic heterocycles. The molecule has 1 aromatic rings. The molecule has 5 heteroatoms. The minimum atomic E-state index is 0.184. The summed E-state index contributed by atoms with van der Waals surface area (Å²) in [6.45, 7) is 3.83. The normalized spacial score (nSPS) is 19.0. The van der Waals surface area contributed by atoms with Crippen LogP contribution in [0.15, 0.2) is 34.3 Å². The number of nitrogens with two attached hydrogens (primary N) is 1. The van der Waals surface area contributed by atoms with E-state index in [4.69, 9.17) is 16.1 Å². The third-order valence-electron chi connectivity index (χ3n) is 5.86. The van der Waals surface area contributed by atoms with Crippen molar-refractivity contribution >= 4 is 17.5 Å². The summed E-state index contributed by atoms with van der Waals surface area (Å²) in [7, 11) is 0. The van der Waals surface area contributed by atoms with E-state index < -0.39 is 0 Å². The average molecular weight is 382 g/mol. The average Bonchev–Trinajstić information content (AvgIpc) is 3.35. The highest BCUT2D eigenvalue weighted by atomic mass is 15.3. The van der Waals surface area contributed by atoms with Crippen molar-refractivity contribution in [3.8, 4) is 0 Å². The van der Waals surface area contributed by atoms with Crippen molar-refractivity contribution in [1.82, 2.24) is 4.90 Å². The van der Waals surface area contributed by atoms with Crippen LogP contribution < -0.4 is 5.73 Å². The zero-order valence-electron chi connectivity index (χ0n) is 17.3. The summed E-state index contributed by atoms with van der Waals surface area (Å²) in [5.74, 6) is 1.04. The van der Waals surface area contributed by atoms with Crippen LogP contribution in [0.1, 0.15) is 75.8 Å². The van der Waals surface area contributed by atoms with E-state index in [2.05, 4.69) is 36.2 Å². The zero-order chi connectivity index (χ0) is 19.8. The Balaban J connectivity index is 1.47. The van der Waals surface area contributed by atoms with Crippen molar-refractivity contribution in [1.29, 1.82) is 5.41 Å². The van der Waals surface area contributed by atoms with Gasteiger partial charge in [0.1, 0.15) is 0 Å². The van der Waals surface area contributed by atoms with Crippen molar-refractivity contribution in [2.24, 2.45) is 15.7 Å². The Morgan fingerprint density at radius 1 is 1.14 bits per heavy atom. The van der Waals surface area contributed by atoms with Crippen LogP contribution in [0.25, 0.3) is 0 Å². The lowest BCUT2D eigenvalue weighted by molar-refractivity contribution is 0.391. The zero-order valence-corrected chi connectivity index (χ0v) is 17.3. The minimum Gasteiger partial charge on any atom is -0.370 e. The predicted octanol–water partition coefficient (Wildman–Crippen LogP) is 4.54. The highest BCUT2D eigenvalue weighted by Crippen LogP contribution is 2.22. The molecule has 0 saturated carbocycles. The van der Waals surface area contributed by atoms with Gasteiger partial charge in [-0.05, 0) is 31.2 Å². The van der Waals surface area contributed by atoms with Gasteiger partial charge in [0.15, 0.2) is 11.8 Å².